The Balaban J connectivity index is 1.81. The number of nitrogens with zero attached hydrogens (tertiary/aromatic N) is 2. The molecule has 8 heteroatoms. The van der Waals surface area contributed by atoms with Gasteiger partial charge in [0.05, 0.1) is 6.04 Å². The maximum absolute atomic E-state index is 13.9. The highest BCUT2D eigenvalue weighted by Crippen LogP contribution is 2.42. The van der Waals surface area contributed by atoms with E-state index in [2.05, 4.69) is 15.3 Å². The van der Waals surface area contributed by atoms with Gasteiger partial charge in [-0.05, 0) is 37.6 Å². The Morgan fingerprint density at radius 3 is 2.77 bits per heavy atom. The monoisotopic (exact) mass is 372 g/mol. The number of benzene rings is 1. The van der Waals surface area contributed by atoms with E-state index in [1.165, 1.54) is 30.1 Å². The van der Waals surface area contributed by atoms with Gasteiger partial charge in [0, 0.05) is 11.8 Å². The third kappa shape index (κ3) is 3.32. The second kappa shape index (κ2) is 6.87. The van der Waals surface area contributed by atoms with Crippen LogP contribution in [0.3, 0.4) is 0 Å². The molecule has 134 valence electrons. The largest absolute Gasteiger partial charge is 0.364 e. The van der Waals surface area contributed by atoms with Crippen LogP contribution in [0.1, 0.15) is 41.5 Å². The Hall–Kier alpha value is -2.74. The number of carbonyl (C=O) groups excluding carboxylic acids is 2. The third-order valence-electron chi connectivity index (χ3n) is 4.19. The summed E-state index contributed by atoms with van der Waals surface area (Å²) in [5.74, 6) is -1.36. The van der Waals surface area contributed by atoms with Gasteiger partial charge in [0.15, 0.2) is 5.17 Å². The zero-order valence-electron chi connectivity index (χ0n) is 14.2. The lowest BCUT2D eigenvalue weighted by Gasteiger charge is -2.22. The number of rotatable bonds is 4. The van der Waals surface area contributed by atoms with E-state index >= 15 is 0 Å². The standard InChI is InChI=1S/C18H17FN4O2S/c1-10(12-5-3-4-6-13(12)19)22-17-23-16(25)18(2,26-17)11-7-8-21-14(9-11)15(20)24/h3-10H,1-2H3,(H2,20,24)(H,22,23,25)/t10-,18?/m0/s1. The zero-order chi connectivity index (χ0) is 18.9. The number of nitrogens with one attached hydrogen (secondary N) is 1. The molecule has 0 saturated carbocycles. The van der Waals surface area contributed by atoms with E-state index in [1.54, 1.807) is 38.1 Å². The van der Waals surface area contributed by atoms with Crippen molar-refractivity contribution in [2.45, 2.75) is 24.6 Å². The molecule has 0 aliphatic carbocycles. The molecule has 1 aromatic heterocycles. The summed E-state index contributed by atoms with van der Waals surface area (Å²) in [5, 5.41) is 3.47. The zero-order valence-corrected chi connectivity index (χ0v) is 15.0. The van der Waals surface area contributed by atoms with Crippen LogP contribution < -0.4 is 11.1 Å². The minimum Gasteiger partial charge on any atom is -0.364 e. The summed E-state index contributed by atoms with van der Waals surface area (Å²) in [5.41, 5.74) is 6.41. The van der Waals surface area contributed by atoms with Gasteiger partial charge in [0.1, 0.15) is 16.3 Å². The third-order valence-corrected chi connectivity index (χ3v) is 5.41. The molecule has 2 heterocycles. The minimum absolute atomic E-state index is 0.0817. The maximum Gasteiger partial charge on any atom is 0.268 e. The fraction of sp³-hybridized carbons (Fsp3) is 0.222. The lowest BCUT2D eigenvalue weighted by atomic mass is 10.00. The molecule has 2 atom stereocenters. The van der Waals surface area contributed by atoms with Gasteiger partial charge in [0.25, 0.3) is 11.8 Å². The number of hydrogen-bond donors (Lipinski definition) is 2. The van der Waals surface area contributed by atoms with Crippen molar-refractivity contribution in [3.8, 4) is 0 Å². The summed E-state index contributed by atoms with van der Waals surface area (Å²) in [6, 6.07) is 9.20. The molecule has 26 heavy (non-hydrogen) atoms. The van der Waals surface area contributed by atoms with Crippen molar-refractivity contribution in [2.24, 2.45) is 10.7 Å². The van der Waals surface area contributed by atoms with Crippen LogP contribution in [0.2, 0.25) is 0 Å². The average Bonchev–Trinajstić information content (AvgIpc) is 2.90. The first-order valence-electron chi connectivity index (χ1n) is 7.90. The second-order valence-electron chi connectivity index (χ2n) is 6.04. The molecule has 0 bridgehead atoms. The highest BCUT2D eigenvalue weighted by Gasteiger charge is 2.43. The van der Waals surface area contributed by atoms with E-state index in [9.17, 15) is 14.0 Å². The predicted octanol–water partition coefficient (Wildman–Crippen LogP) is 2.52. The first-order valence-corrected chi connectivity index (χ1v) is 8.72. The van der Waals surface area contributed by atoms with Gasteiger partial charge in [0.2, 0.25) is 0 Å². The van der Waals surface area contributed by atoms with Crippen LogP contribution in [-0.4, -0.2) is 22.0 Å². The molecule has 1 unspecified atom stereocenters. The first kappa shape index (κ1) is 18.1. The van der Waals surface area contributed by atoms with Gasteiger partial charge in [-0.15, -0.1) is 0 Å². The minimum atomic E-state index is -1.01. The summed E-state index contributed by atoms with van der Waals surface area (Å²) in [6.07, 6.45) is 1.43. The Labute approximate surface area is 154 Å². The predicted molar refractivity (Wildman–Crippen MR) is 98.1 cm³/mol. The summed E-state index contributed by atoms with van der Waals surface area (Å²) in [4.78, 5) is 31.8. The first-order chi connectivity index (χ1) is 12.3. The van der Waals surface area contributed by atoms with E-state index < -0.39 is 10.7 Å². The number of carbonyl (C=O) groups is 2. The lowest BCUT2D eigenvalue weighted by molar-refractivity contribution is -0.119. The van der Waals surface area contributed by atoms with E-state index in [-0.39, 0.29) is 23.5 Å². The number of hydrogen-bond acceptors (Lipinski definition) is 5. The van der Waals surface area contributed by atoms with Crippen molar-refractivity contribution in [1.29, 1.82) is 0 Å². The molecule has 3 N–H and O–H groups in total. The van der Waals surface area contributed by atoms with Gasteiger partial charge in [-0.25, -0.2) is 4.39 Å². The van der Waals surface area contributed by atoms with Crippen LogP contribution in [0, 0.1) is 5.82 Å². The molecular formula is C18H17FN4O2S. The van der Waals surface area contributed by atoms with Crippen LogP contribution in [0.4, 0.5) is 4.39 Å². The number of thioether (sulfide) groups is 1. The smallest absolute Gasteiger partial charge is 0.268 e. The van der Waals surface area contributed by atoms with Gasteiger partial charge < -0.3 is 11.1 Å². The molecule has 6 nitrogen and oxygen atoms in total. The second-order valence-corrected chi connectivity index (χ2v) is 7.45. The van der Waals surface area contributed by atoms with Crippen LogP contribution in [0.15, 0.2) is 47.6 Å². The number of nitrogens with two attached hydrogens (primary N) is 1. The topological polar surface area (TPSA) is 97.4 Å². The van der Waals surface area contributed by atoms with Crippen molar-refractivity contribution in [1.82, 2.24) is 10.3 Å². The van der Waals surface area contributed by atoms with Gasteiger partial charge in [-0.3, -0.25) is 14.6 Å². The lowest BCUT2D eigenvalue weighted by Crippen LogP contribution is -2.27. The molecule has 0 fully saturated rings. The van der Waals surface area contributed by atoms with E-state index in [0.29, 0.717) is 16.3 Å². The van der Waals surface area contributed by atoms with Crippen molar-refractivity contribution in [2.75, 3.05) is 0 Å². The fourth-order valence-corrected chi connectivity index (χ4v) is 3.78. The van der Waals surface area contributed by atoms with Gasteiger partial charge in [-0.1, -0.05) is 30.0 Å². The molecule has 1 aliphatic rings. The highest BCUT2D eigenvalue weighted by atomic mass is 32.2. The molecule has 2 amide bonds. The number of amidine groups is 1. The molecule has 0 radical (unpaired) electrons. The van der Waals surface area contributed by atoms with Crippen molar-refractivity contribution < 1.29 is 14.0 Å². The summed E-state index contributed by atoms with van der Waals surface area (Å²) < 4.78 is 12.9. The number of amides is 2. The molecule has 3 rings (SSSR count). The van der Waals surface area contributed by atoms with Gasteiger partial charge >= 0.3 is 0 Å². The molecule has 0 spiro atoms. The van der Waals surface area contributed by atoms with Crippen LogP contribution in [0.5, 0.6) is 0 Å². The molecule has 2 aromatic rings. The summed E-state index contributed by atoms with van der Waals surface area (Å²) in [6.45, 7) is 3.51. The molecule has 1 aliphatic heterocycles. The summed E-state index contributed by atoms with van der Waals surface area (Å²) >= 11 is 1.21. The normalized spacial score (nSPS) is 20.6. The molecule has 1 aromatic carbocycles. The molecular weight excluding hydrogens is 355 g/mol. The SMILES string of the molecule is C[C@H](NC1=NC(=O)C(C)(c2ccnc(C(N)=O)c2)S1)c1ccccc1F. The molecule has 0 saturated heterocycles. The highest BCUT2D eigenvalue weighted by molar-refractivity contribution is 8.15. The van der Waals surface area contributed by atoms with Crippen molar-refractivity contribution in [3.63, 3.8) is 0 Å². The fourth-order valence-electron chi connectivity index (χ4n) is 2.65. The number of halogens is 1. The average molecular weight is 372 g/mol. The Morgan fingerprint density at radius 1 is 1.35 bits per heavy atom. The Morgan fingerprint density at radius 2 is 2.08 bits per heavy atom. The van der Waals surface area contributed by atoms with E-state index in [4.69, 9.17) is 5.73 Å². The quantitative estimate of drug-likeness (QED) is 0.859. The summed E-state index contributed by atoms with van der Waals surface area (Å²) in [7, 11) is 0. The van der Waals surface area contributed by atoms with Crippen molar-refractivity contribution in [3.05, 3.63) is 65.2 Å². The van der Waals surface area contributed by atoms with Crippen LogP contribution in [0.25, 0.3) is 0 Å². The number of aliphatic imine (C=N–C) groups is 1. The van der Waals surface area contributed by atoms with Crippen LogP contribution >= 0.6 is 11.8 Å². The number of primary amides is 1. The Kier molecular flexibility index (Phi) is 4.78. The van der Waals surface area contributed by atoms with E-state index in [0.717, 1.165) is 0 Å². The maximum atomic E-state index is 13.9. The number of aromatic nitrogens is 1. The number of pyridine rings is 1. The van der Waals surface area contributed by atoms with Crippen molar-refractivity contribution >= 4 is 28.7 Å². The van der Waals surface area contributed by atoms with Crippen LogP contribution in [-0.2, 0) is 9.54 Å². The van der Waals surface area contributed by atoms with E-state index in [1.807, 2.05) is 0 Å². The van der Waals surface area contributed by atoms with Gasteiger partial charge in [-0.2, -0.15) is 4.99 Å². The Bertz CT molecular complexity index is 918.